The number of rotatable bonds is 4. The Labute approximate surface area is 184 Å². The van der Waals surface area contributed by atoms with Gasteiger partial charge in [0.1, 0.15) is 11.5 Å². The largest absolute Gasteiger partial charge is 0.417 e. The number of carbonyl (C=O) groups excluding carboxylic acids is 1. The van der Waals surface area contributed by atoms with E-state index in [4.69, 9.17) is 0 Å². The van der Waals surface area contributed by atoms with Gasteiger partial charge in [-0.3, -0.25) is 9.59 Å². The smallest absolute Gasteiger partial charge is 0.355 e. The average Bonchev–Trinajstić information content (AvgIpc) is 2.74. The fourth-order valence-electron chi connectivity index (χ4n) is 3.42. The van der Waals surface area contributed by atoms with Crippen LogP contribution in [0.1, 0.15) is 21.5 Å². The lowest BCUT2D eigenvalue weighted by Gasteiger charge is -2.14. The lowest BCUT2D eigenvalue weighted by atomic mass is 10.1. The fraction of sp³-hybridized carbons (Fsp3) is 0.0870. The summed E-state index contributed by atoms with van der Waals surface area (Å²) < 4.78 is 52.8. The number of hydrogen-bond donors (Lipinski definition) is 3. The number of pyridine rings is 2. The molecule has 0 fully saturated rings. The Kier molecular flexibility index (Phi) is 5.59. The number of alkyl halides is 3. The minimum Gasteiger partial charge on any atom is -0.355 e. The van der Waals surface area contributed by atoms with Crippen LogP contribution in [-0.4, -0.2) is 15.9 Å². The molecule has 6 nitrogen and oxygen atoms in total. The van der Waals surface area contributed by atoms with Crippen molar-refractivity contribution in [2.24, 2.45) is 0 Å². The van der Waals surface area contributed by atoms with E-state index in [1.807, 2.05) is 0 Å². The molecule has 2 aromatic heterocycles. The van der Waals surface area contributed by atoms with Gasteiger partial charge in [0, 0.05) is 29.0 Å². The van der Waals surface area contributed by atoms with E-state index in [0.29, 0.717) is 17.0 Å². The van der Waals surface area contributed by atoms with Crippen LogP contribution in [0.5, 0.6) is 0 Å². The summed E-state index contributed by atoms with van der Waals surface area (Å²) in [6.45, 7) is 1.79. The van der Waals surface area contributed by atoms with Crippen LogP contribution in [0.15, 0.2) is 65.6 Å². The third-order valence-corrected chi connectivity index (χ3v) is 4.89. The number of H-pyrrole nitrogens is 1. The molecule has 1 amide bonds. The summed E-state index contributed by atoms with van der Waals surface area (Å²) in [5.74, 6) is -2.10. The van der Waals surface area contributed by atoms with Crippen LogP contribution in [0.3, 0.4) is 0 Å². The highest BCUT2D eigenvalue weighted by atomic mass is 19.4. The topological polar surface area (TPSA) is 86.9 Å². The van der Waals surface area contributed by atoms with Crippen LogP contribution < -0.4 is 16.2 Å². The lowest BCUT2D eigenvalue weighted by Crippen LogP contribution is -2.19. The zero-order valence-electron chi connectivity index (χ0n) is 17.0. The maximum Gasteiger partial charge on any atom is 0.417 e. The van der Waals surface area contributed by atoms with Crippen molar-refractivity contribution in [1.29, 1.82) is 0 Å². The van der Waals surface area contributed by atoms with Gasteiger partial charge in [-0.1, -0.05) is 0 Å². The number of amides is 1. The number of fused-ring (bicyclic) bond motifs is 1. The van der Waals surface area contributed by atoms with Crippen molar-refractivity contribution in [3.05, 3.63) is 93.7 Å². The summed E-state index contributed by atoms with van der Waals surface area (Å²) in [6, 6.07) is 11.3. The normalized spacial score (nSPS) is 11.4. The number of aryl methyl sites for hydroxylation is 1. The molecule has 0 saturated heterocycles. The quantitative estimate of drug-likeness (QED) is 0.360. The zero-order valence-corrected chi connectivity index (χ0v) is 17.0. The van der Waals surface area contributed by atoms with E-state index in [2.05, 4.69) is 20.6 Å². The zero-order chi connectivity index (χ0) is 23.8. The van der Waals surface area contributed by atoms with E-state index in [9.17, 15) is 27.2 Å². The second kappa shape index (κ2) is 8.38. The molecule has 4 aromatic rings. The molecule has 0 spiro atoms. The Morgan fingerprint density at radius 1 is 1.00 bits per heavy atom. The Hall–Kier alpha value is -4.21. The number of halogens is 4. The number of carbonyl (C=O) groups is 1. The van der Waals surface area contributed by atoms with E-state index in [-0.39, 0.29) is 17.3 Å². The molecule has 0 aliphatic carbocycles. The van der Waals surface area contributed by atoms with Crippen LogP contribution >= 0.6 is 0 Å². The number of hydrogen-bond acceptors (Lipinski definition) is 4. The SMILES string of the molecule is Cc1cc(=O)[nH]c2nccc(Nc3ccc(NC(=O)c4ccc(F)cc4C(F)(F)F)cc3)c12. The van der Waals surface area contributed by atoms with Crippen molar-refractivity contribution in [2.75, 3.05) is 10.6 Å². The number of nitrogens with one attached hydrogen (secondary N) is 3. The van der Waals surface area contributed by atoms with Gasteiger partial charge in [-0.15, -0.1) is 0 Å². The van der Waals surface area contributed by atoms with Crippen molar-refractivity contribution in [2.45, 2.75) is 13.1 Å². The highest BCUT2D eigenvalue weighted by Gasteiger charge is 2.35. The first-order valence-corrected chi connectivity index (χ1v) is 9.65. The van der Waals surface area contributed by atoms with Gasteiger partial charge in [0.2, 0.25) is 5.56 Å². The van der Waals surface area contributed by atoms with Gasteiger partial charge in [0.15, 0.2) is 0 Å². The van der Waals surface area contributed by atoms with Crippen molar-refractivity contribution in [3.63, 3.8) is 0 Å². The van der Waals surface area contributed by atoms with Crippen molar-refractivity contribution in [1.82, 2.24) is 9.97 Å². The molecule has 168 valence electrons. The van der Waals surface area contributed by atoms with Gasteiger partial charge < -0.3 is 15.6 Å². The third-order valence-electron chi connectivity index (χ3n) is 4.89. The number of aromatic amines is 1. The molecule has 3 N–H and O–H groups in total. The summed E-state index contributed by atoms with van der Waals surface area (Å²) in [6.07, 6.45) is -3.34. The Bertz CT molecular complexity index is 1410. The van der Waals surface area contributed by atoms with Crippen LogP contribution in [0.2, 0.25) is 0 Å². The molecular formula is C23H16F4N4O2. The summed E-state index contributed by atoms with van der Waals surface area (Å²) in [7, 11) is 0. The average molecular weight is 456 g/mol. The molecule has 0 bridgehead atoms. The Morgan fingerprint density at radius 3 is 2.39 bits per heavy atom. The van der Waals surface area contributed by atoms with Gasteiger partial charge >= 0.3 is 6.18 Å². The van der Waals surface area contributed by atoms with Gasteiger partial charge in [-0.05, 0) is 61.0 Å². The number of aromatic nitrogens is 2. The summed E-state index contributed by atoms with van der Waals surface area (Å²) in [5.41, 5.74) is 0.426. The van der Waals surface area contributed by atoms with Crippen LogP contribution in [0.4, 0.5) is 34.6 Å². The van der Waals surface area contributed by atoms with Gasteiger partial charge in [-0.25, -0.2) is 9.37 Å². The molecule has 0 atom stereocenters. The van der Waals surface area contributed by atoms with Gasteiger partial charge in [0.25, 0.3) is 5.91 Å². The molecule has 2 heterocycles. The van der Waals surface area contributed by atoms with E-state index in [1.165, 1.54) is 24.4 Å². The molecule has 2 aromatic carbocycles. The molecule has 0 radical (unpaired) electrons. The van der Waals surface area contributed by atoms with E-state index in [0.717, 1.165) is 23.1 Å². The summed E-state index contributed by atoms with van der Waals surface area (Å²) in [4.78, 5) is 30.9. The maximum absolute atomic E-state index is 13.3. The summed E-state index contributed by atoms with van der Waals surface area (Å²) in [5, 5.41) is 6.30. The predicted octanol–water partition coefficient (Wildman–Crippen LogP) is 5.39. The minimum atomic E-state index is -4.88. The van der Waals surface area contributed by atoms with Crippen molar-refractivity contribution < 1.29 is 22.4 Å². The second-order valence-corrected chi connectivity index (χ2v) is 7.24. The first-order valence-electron chi connectivity index (χ1n) is 9.65. The maximum atomic E-state index is 13.3. The first-order chi connectivity index (χ1) is 15.6. The summed E-state index contributed by atoms with van der Waals surface area (Å²) >= 11 is 0. The molecular weight excluding hydrogens is 440 g/mol. The number of anilines is 3. The molecule has 0 aliphatic rings. The molecule has 33 heavy (non-hydrogen) atoms. The first kappa shape index (κ1) is 22.0. The molecule has 0 aliphatic heterocycles. The van der Waals surface area contributed by atoms with Crippen LogP contribution in [0, 0.1) is 12.7 Å². The minimum absolute atomic E-state index is 0.253. The monoisotopic (exact) mass is 456 g/mol. The van der Waals surface area contributed by atoms with Gasteiger partial charge in [-0.2, -0.15) is 13.2 Å². The van der Waals surface area contributed by atoms with Crippen molar-refractivity contribution >= 4 is 34.0 Å². The van der Waals surface area contributed by atoms with Crippen LogP contribution in [-0.2, 0) is 6.18 Å². The molecule has 4 rings (SSSR count). The predicted molar refractivity (Wildman–Crippen MR) is 116 cm³/mol. The number of benzene rings is 2. The third kappa shape index (κ3) is 4.69. The van der Waals surface area contributed by atoms with E-state index in [1.54, 1.807) is 25.1 Å². The van der Waals surface area contributed by atoms with Crippen LogP contribution in [0.25, 0.3) is 11.0 Å². The Balaban J connectivity index is 1.55. The Morgan fingerprint density at radius 2 is 1.70 bits per heavy atom. The highest BCUT2D eigenvalue weighted by molar-refractivity contribution is 6.05. The number of nitrogens with zero attached hydrogens (tertiary/aromatic N) is 1. The fourth-order valence-corrected chi connectivity index (χ4v) is 3.42. The van der Waals surface area contributed by atoms with E-state index < -0.39 is 29.0 Å². The molecule has 0 unspecified atom stereocenters. The molecule has 0 saturated carbocycles. The van der Waals surface area contributed by atoms with E-state index >= 15 is 0 Å². The van der Waals surface area contributed by atoms with Gasteiger partial charge in [0.05, 0.1) is 16.8 Å². The second-order valence-electron chi connectivity index (χ2n) is 7.24. The molecule has 10 heteroatoms. The standard InChI is InChI=1S/C23H16F4N4O2/c1-12-10-19(32)31-21-20(12)18(8-9-28-21)29-14-3-5-15(6-4-14)30-22(33)16-7-2-13(24)11-17(16)23(25,26)27/h2-11H,1H3,(H,30,33)(H2,28,29,31,32). The lowest BCUT2D eigenvalue weighted by molar-refractivity contribution is -0.138. The highest BCUT2D eigenvalue weighted by Crippen LogP contribution is 2.33. The van der Waals surface area contributed by atoms with Crippen molar-refractivity contribution in [3.8, 4) is 0 Å².